The van der Waals surface area contributed by atoms with Gasteiger partial charge in [0.25, 0.3) is 0 Å². The lowest BCUT2D eigenvalue weighted by Gasteiger charge is -2.21. The van der Waals surface area contributed by atoms with E-state index in [1.807, 2.05) is 0 Å². The van der Waals surface area contributed by atoms with E-state index in [-0.39, 0.29) is 25.7 Å². The highest BCUT2D eigenvalue weighted by molar-refractivity contribution is 7.47. The monoisotopic (exact) mass is 1280 g/mol. The first-order chi connectivity index (χ1) is 42.0. The van der Waals surface area contributed by atoms with Gasteiger partial charge in [-0.15, -0.1) is 0 Å². The molecule has 0 bridgehead atoms. The molecule has 0 aromatic heterocycles. The number of esters is 4. The molecule has 19 heteroatoms. The van der Waals surface area contributed by atoms with Crippen LogP contribution in [-0.2, 0) is 65.4 Å². The number of carbonyl (C=O) groups is 4. The molecule has 0 amide bonds. The predicted octanol–water partition coefficient (Wildman–Crippen LogP) is 19.4. The van der Waals surface area contributed by atoms with Crippen LogP contribution in [0.4, 0.5) is 0 Å². The first-order valence-corrected chi connectivity index (χ1v) is 38.6. The van der Waals surface area contributed by atoms with Gasteiger partial charge in [-0.3, -0.25) is 37.3 Å². The Hall–Kier alpha value is -1.94. The van der Waals surface area contributed by atoms with Crippen molar-refractivity contribution in [2.45, 2.75) is 368 Å². The lowest BCUT2D eigenvalue weighted by molar-refractivity contribution is -0.161. The van der Waals surface area contributed by atoms with E-state index in [1.165, 1.54) is 167 Å². The standard InChI is InChI=1S/C68H132O17P2/c1-6-9-12-15-18-21-23-24-25-29-33-37-42-47-52-66(71)79-58-64(85-68(73)54-49-44-39-34-30-27-26-28-31-35-40-45-50-61(4)5)60-83-87(76,77)81-56-62(69)55-80-86(74,75)82-59-63(57-78-65(70)51-46-41-36-20-17-14-11-8-3)84-67(72)53-48-43-38-32-22-19-16-13-10-7-2/h61-64,69H,6-60H2,1-5H3,(H,74,75)(H,76,77)/t62-,63+,64+/m0/s1. The van der Waals surface area contributed by atoms with Gasteiger partial charge >= 0.3 is 39.5 Å². The van der Waals surface area contributed by atoms with Crippen LogP contribution in [-0.4, -0.2) is 96.7 Å². The summed E-state index contributed by atoms with van der Waals surface area (Å²) in [6.07, 6.45) is 47.1. The molecule has 2 unspecified atom stereocenters. The van der Waals surface area contributed by atoms with Crippen molar-refractivity contribution in [3.8, 4) is 0 Å². The molecular formula is C68H132O17P2. The zero-order valence-electron chi connectivity index (χ0n) is 56.2. The number of ether oxygens (including phenoxy) is 4. The molecule has 3 N–H and O–H groups in total. The quantitative estimate of drug-likeness (QED) is 0.0222. The van der Waals surface area contributed by atoms with Crippen LogP contribution in [0.15, 0.2) is 0 Å². The third kappa shape index (κ3) is 62.6. The van der Waals surface area contributed by atoms with Crippen LogP contribution in [0.3, 0.4) is 0 Å². The average Bonchev–Trinajstić information content (AvgIpc) is 3.69. The zero-order valence-corrected chi connectivity index (χ0v) is 57.9. The zero-order chi connectivity index (χ0) is 64.2. The minimum Gasteiger partial charge on any atom is -0.462 e. The summed E-state index contributed by atoms with van der Waals surface area (Å²) >= 11 is 0. The molecule has 0 saturated heterocycles. The number of carbonyl (C=O) groups excluding carboxylic acids is 4. The van der Waals surface area contributed by atoms with Crippen molar-refractivity contribution < 1.29 is 80.2 Å². The van der Waals surface area contributed by atoms with Crippen molar-refractivity contribution in [3.05, 3.63) is 0 Å². The largest absolute Gasteiger partial charge is 0.472 e. The van der Waals surface area contributed by atoms with Crippen LogP contribution in [0.5, 0.6) is 0 Å². The molecule has 0 heterocycles. The second-order valence-electron chi connectivity index (χ2n) is 25.0. The van der Waals surface area contributed by atoms with Crippen molar-refractivity contribution in [3.63, 3.8) is 0 Å². The van der Waals surface area contributed by atoms with E-state index in [4.69, 9.17) is 37.0 Å². The molecule has 0 spiro atoms. The Kier molecular flexibility index (Phi) is 60.2. The van der Waals surface area contributed by atoms with Crippen molar-refractivity contribution in [2.75, 3.05) is 39.6 Å². The maximum Gasteiger partial charge on any atom is 0.472 e. The van der Waals surface area contributed by atoms with Crippen LogP contribution in [0, 0.1) is 5.92 Å². The Balaban J connectivity index is 5.22. The number of phosphoric ester groups is 2. The maximum atomic E-state index is 13.0. The number of hydrogen-bond donors (Lipinski definition) is 3. The lowest BCUT2D eigenvalue weighted by atomic mass is 10.0. The van der Waals surface area contributed by atoms with Gasteiger partial charge in [-0.1, -0.05) is 298 Å². The SMILES string of the molecule is CCCCCCCCCCCCCCCCC(=O)OC[C@H](COP(=O)(O)OC[C@@H](O)COP(=O)(O)OC[C@@H](COC(=O)CCCCCCCCCC)OC(=O)CCCCCCCCCCCC)OC(=O)CCCCCCCCCCCCCCC(C)C. The second kappa shape index (κ2) is 61.6. The molecule has 0 radical (unpaired) electrons. The first-order valence-electron chi connectivity index (χ1n) is 35.6. The fraction of sp³-hybridized carbons (Fsp3) is 0.941. The third-order valence-electron chi connectivity index (χ3n) is 15.8. The smallest absolute Gasteiger partial charge is 0.462 e. The molecule has 0 saturated carbocycles. The van der Waals surface area contributed by atoms with E-state index in [0.29, 0.717) is 25.7 Å². The van der Waals surface area contributed by atoms with E-state index >= 15 is 0 Å². The fourth-order valence-electron chi connectivity index (χ4n) is 10.3. The van der Waals surface area contributed by atoms with Crippen LogP contribution < -0.4 is 0 Å². The first kappa shape index (κ1) is 85.1. The summed E-state index contributed by atoms with van der Waals surface area (Å²) in [6, 6.07) is 0. The summed E-state index contributed by atoms with van der Waals surface area (Å²) in [4.78, 5) is 72.3. The highest BCUT2D eigenvalue weighted by Gasteiger charge is 2.30. The van der Waals surface area contributed by atoms with Crippen LogP contribution in [0.1, 0.15) is 349 Å². The van der Waals surface area contributed by atoms with E-state index in [1.54, 1.807) is 0 Å². The molecule has 87 heavy (non-hydrogen) atoms. The minimum atomic E-state index is -4.95. The molecule has 0 aromatic carbocycles. The van der Waals surface area contributed by atoms with Crippen molar-refractivity contribution >= 4 is 39.5 Å². The lowest BCUT2D eigenvalue weighted by Crippen LogP contribution is -2.30. The van der Waals surface area contributed by atoms with Gasteiger partial charge in [0, 0.05) is 25.7 Å². The van der Waals surface area contributed by atoms with Crippen molar-refractivity contribution in [1.82, 2.24) is 0 Å². The maximum absolute atomic E-state index is 13.0. The van der Waals surface area contributed by atoms with Gasteiger partial charge in [0.05, 0.1) is 26.4 Å². The third-order valence-corrected chi connectivity index (χ3v) is 17.7. The molecule has 516 valence electrons. The fourth-order valence-corrected chi connectivity index (χ4v) is 11.9. The highest BCUT2D eigenvalue weighted by atomic mass is 31.2. The van der Waals surface area contributed by atoms with Crippen molar-refractivity contribution in [2.24, 2.45) is 5.92 Å². The molecule has 5 atom stereocenters. The van der Waals surface area contributed by atoms with Gasteiger partial charge in [-0.05, 0) is 31.6 Å². The minimum absolute atomic E-state index is 0.106. The summed E-state index contributed by atoms with van der Waals surface area (Å²) < 4.78 is 68.1. The number of hydrogen-bond acceptors (Lipinski definition) is 15. The predicted molar refractivity (Wildman–Crippen MR) is 349 cm³/mol. The van der Waals surface area contributed by atoms with Crippen molar-refractivity contribution in [1.29, 1.82) is 0 Å². The summed E-state index contributed by atoms with van der Waals surface area (Å²) in [7, 11) is -9.89. The summed E-state index contributed by atoms with van der Waals surface area (Å²) in [5.74, 6) is -1.35. The number of aliphatic hydroxyl groups excluding tert-OH is 1. The molecular weight excluding hydrogens is 1150 g/mol. The molecule has 0 aliphatic rings. The normalized spacial score (nSPS) is 14.1. The Bertz CT molecular complexity index is 1690. The Morgan fingerprint density at radius 1 is 0.310 bits per heavy atom. The van der Waals surface area contributed by atoms with Crippen LogP contribution in [0.2, 0.25) is 0 Å². The van der Waals surface area contributed by atoms with Gasteiger partial charge in [-0.2, -0.15) is 0 Å². The van der Waals surface area contributed by atoms with Gasteiger partial charge < -0.3 is 33.8 Å². The molecule has 0 fully saturated rings. The van der Waals surface area contributed by atoms with Crippen LogP contribution >= 0.6 is 15.6 Å². The van der Waals surface area contributed by atoms with E-state index in [0.717, 1.165) is 102 Å². The summed E-state index contributed by atoms with van der Waals surface area (Å²) in [5, 5.41) is 10.6. The van der Waals surface area contributed by atoms with Gasteiger partial charge in [0.2, 0.25) is 0 Å². The molecule has 17 nitrogen and oxygen atoms in total. The van der Waals surface area contributed by atoms with E-state index < -0.39 is 97.5 Å². The van der Waals surface area contributed by atoms with E-state index in [9.17, 15) is 43.2 Å². The summed E-state index contributed by atoms with van der Waals surface area (Å²) in [6.45, 7) is 7.21. The van der Waals surface area contributed by atoms with Gasteiger partial charge in [0.1, 0.15) is 19.3 Å². The molecule has 0 aromatic rings. The number of unbranched alkanes of at least 4 members (excludes halogenated alkanes) is 40. The van der Waals surface area contributed by atoms with Gasteiger partial charge in [0.15, 0.2) is 12.2 Å². The highest BCUT2D eigenvalue weighted by Crippen LogP contribution is 2.45. The molecule has 0 aliphatic carbocycles. The number of aliphatic hydroxyl groups is 1. The number of phosphoric acid groups is 2. The Labute approximate surface area is 530 Å². The Morgan fingerprint density at radius 2 is 0.529 bits per heavy atom. The topological polar surface area (TPSA) is 237 Å². The summed E-state index contributed by atoms with van der Waals surface area (Å²) in [5.41, 5.74) is 0. The second-order valence-corrected chi connectivity index (χ2v) is 27.9. The Morgan fingerprint density at radius 3 is 0.782 bits per heavy atom. The average molecular weight is 1280 g/mol. The van der Waals surface area contributed by atoms with Gasteiger partial charge in [-0.25, -0.2) is 9.13 Å². The number of rotatable bonds is 68. The molecule has 0 aliphatic heterocycles. The van der Waals surface area contributed by atoms with E-state index in [2.05, 4.69) is 34.6 Å². The van der Waals surface area contributed by atoms with Crippen LogP contribution in [0.25, 0.3) is 0 Å². The molecule has 0 rings (SSSR count).